The fourth-order valence-corrected chi connectivity index (χ4v) is 7.60. The molecule has 1 amide bonds. The molecule has 0 N–H and O–H groups in total. The molecule has 4 heterocycles. The highest BCUT2D eigenvalue weighted by Crippen LogP contribution is 2.50. The van der Waals surface area contributed by atoms with Crippen LogP contribution in [0.15, 0.2) is 29.3 Å². The monoisotopic (exact) mass is 586 g/mol. The molecule has 1 spiro atoms. The molecule has 2 aliphatic heterocycles. The van der Waals surface area contributed by atoms with E-state index in [1.54, 1.807) is 11.3 Å². The van der Waals surface area contributed by atoms with Gasteiger partial charge in [0.2, 0.25) is 0 Å². The number of piperidine rings is 1. The zero-order chi connectivity index (χ0) is 29.8. The predicted molar refractivity (Wildman–Crippen MR) is 162 cm³/mol. The minimum absolute atomic E-state index is 0.181. The third kappa shape index (κ3) is 5.19. The van der Waals surface area contributed by atoms with Crippen molar-refractivity contribution >= 4 is 23.1 Å². The van der Waals surface area contributed by atoms with Crippen molar-refractivity contribution in [2.75, 3.05) is 13.1 Å². The van der Waals surface area contributed by atoms with Gasteiger partial charge in [-0.25, -0.2) is 4.79 Å². The van der Waals surface area contributed by atoms with Crippen LogP contribution in [0.5, 0.6) is 5.75 Å². The average molecular weight is 587 g/mol. The van der Waals surface area contributed by atoms with Gasteiger partial charge < -0.3 is 14.4 Å². The van der Waals surface area contributed by atoms with Gasteiger partial charge in [-0.1, -0.05) is 0 Å². The molecular weight excluding hydrogens is 548 g/mol. The number of hydrogen-bond acceptors (Lipinski definition) is 8. The number of ether oxygens (including phenoxy) is 2. The molecule has 0 bridgehead atoms. The van der Waals surface area contributed by atoms with Gasteiger partial charge in [-0.3, -0.25) is 9.56 Å². The fraction of sp³-hybridized carbons (Fsp3) is 0.531. The topological polar surface area (TPSA) is 106 Å². The number of nitriles is 1. The van der Waals surface area contributed by atoms with Gasteiger partial charge in [0.15, 0.2) is 5.82 Å². The van der Waals surface area contributed by atoms with Gasteiger partial charge in [-0.2, -0.15) is 5.26 Å². The van der Waals surface area contributed by atoms with Crippen molar-refractivity contribution in [1.29, 1.82) is 5.26 Å². The number of benzene rings is 1. The van der Waals surface area contributed by atoms with Crippen LogP contribution in [0.25, 0.3) is 5.00 Å². The van der Waals surface area contributed by atoms with Gasteiger partial charge in [-0.05, 0) is 102 Å². The van der Waals surface area contributed by atoms with Crippen LogP contribution in [-0.4, -0.2) is 56.3 Å². The third-order valence-electron chi connectivity index (χ3n) is 8.75. The van der Waals surface area contributed by atoms with Gasteiger partial charge in [0.1, 0.15) is 28.2 Å². The zero-order valence-electron chi connectivity index (χ0n) is 25.2. The summed E-state index contributed by atoms with van der Waals surface area (Å²) in [5, 5.41) is 19.4. The standard InChI is InChI=1S/C32H38N6O3S/c1-19-20(2)42-29-26(19)27(34-25(11-14-33)28-36-35-21(3)38(28)29)22-7-9-23(10-8-22)40-24-17-32(18-24)12-15-37(16-13-32)30(39)41-31(4,5)6/h7-10,24-25H,11-13,15-18H2,1-6H3/t25-/m0/s1. The summed E-state index contributed by atoms with van der Waals surface area (Å²) in [6.07, 6.45) is 4.20. The summed E-state index contributed by atoms with van der Waals surface area (Å²) in [7, 11) is 0. The SMILES string of the molecule is Cc1sc2c(c1C)C(c1ccc(OC3CC4(CCN(C(=O)OC(C)(C)C)CC4)C3)cc1)=N[C@@H](CC#N)c1nnc(C)n1-2. The van der Waals surface area contributed by atoms with Crippen molar-refractivity contribution in [2.24, 2.45) is 10.4 Å². The molecule has 1 atom stereocenters. The van der Waals surface area contributed by atoms with Gasteiger partial charge in [-0.15, -0.1) is 21.5 Å². The average Bonchev–Trinajstić information content (AvgIpc) is 3.39. The Balaban J connectivity index is 1.15. The smallest absolute Gasteiger partial charge is 0.410 e. The van der Waals surface area contributed by atoms with E-state index in [1.807, 2.05) is 44.7 Å². The second-order valence-corrected chi connectivity index (χ2v) is 14.1. The molecule has 3 aromatic rings. The summed E-state index contributed by atoms with van der Waals surface area (Å²) in [5.41, 5.74) is 3.92. The number of thiophene rings is 1. The molecule has 2 fully saturated rings. The Kier molecular flexibility index (Phi) is 7.12. The third-order valence-corrected chi connectivity index (χ3v) is 9.94. The molecule has 1 aromatic carbocycles. The van der Waals surface area contributed by atoms with Crippen LogP contribution in [-0.2, 0) is 4.74 Å². The molecule has 3 aliphatic rings. The molecule has 42 heavy (non-hydrogen) atoms. The minimum Gasteiger partial charge on any atom is -0.490 e. The van der Waals surface area contributed by atoms with Crippen LogP contribution in [0, 0.1) is 37.5 Å². The molecule has 1 saturated heterocycles. The van der Waals surface area contributed by atoms with Gasteiger partial charge in [0, 0.05) is 29.1 Å². The van der Waals surface area contributed by atoms with Crippen molar-refractivity contribution < 1.29 is 14.3 Å². The molecule has 9 nitrogen and oxygen atoms in total. The van der Waals surface area contributed by atoms with Gasteiger partial charge in [0.05, 0.1) is 24.3 Å². The van der Waals surface area contributed by atoms with Crippen molar-refractivity contribution in [3.8, 4) is 16.8 Å². The van der Waals surface area contributed by atoms with Crippen LogP contribution < -0.4 is 4.74 Å². The minimum atomic E-state index is -0.471. The van der Waals surface area contributed by atoms with E-state index >= 15 is 0 Å². The highest BCUT2D eigenvalue weighted by molar-refractivity contribution is 7.15. The number of amides is 1. The summed E-state index contributed by atoms with van der Waals surface area (Å²) >= 11 is 1.71. The number of aliphatic imine (C=N–C) groups is 1. The molecule has 1 saturated carbocycles. The predicted octanol–water partition coefficient (Wildman–Crippen LogP) is 6.62. The van der Waals surface area contributed by atoms with Gasteiger partial charge in [0.25, 0.3) is 0 Å². The van der Waals surface area contributed by atoms with E-state index in [0.717, 1.165) is 72.2 Å². The van der Waals surface area contributed by atoms with Crippen molar-refractivity contribution in [3.05, 3.63) is 57.5 Å². The van der Waals surface area contributed by atoms with E-state index in [1.165, 1.54) is 10.4 Å². The first-order valence-electron chi connectivity index (χ1n) is 14.7. The Morgan fingerprint density at radius 1 is 1.12 bits per heavy atom. The Labute approximate surface area is 251 Å². The van der Waals surface area contributed by atoms with Crippen LogP contribution in [0.2, 0.25) is 0 Å². The molecule has 0 unspecified atom stereocenters. The van der Waals surface area contributed by atoms with Gasteiger partial charge >= 0.3 is 6.09 Å². The Morgan fingerprint density at radius 3 is 2.45 bits per heavy atom. The first-order chi connectivity index (χ1) is 20.0. The maximum Gasteiger partial charge on any atom is 0.410 e. The van der Waals surface area contributed by atoms with E-state index < -0.39 is 11.6 Å². The summed E-state index contributed by atoms with van der Waals surface area (Å²) in [5.74, 6) is 2.35. The quantitative estimate of drug-likeness (QED) is 0.340. The second-order valence-electron chi connectivity index (χ2n) is 12.9. The summed E-state index contributed by atoms with van der Waals surface area (Å²) < 4.78 is 14.0. The van der Waals surface area contributed by atoms with E-state index in [2.05, 4.69) is 46.8 Å². The highest BCUT2D eigenvalue weighted by atomic mass is 32.1. The Bertz CT molecular complexity index is 1570. The normalized spacial score (nSPS) is 19.7. The number of carbonyl (C=O) groups is 1. The van der Waals surface area contributed by atoms with Crippen molar-refractivity contribution in [1.82, 2.24) is 19.7 Å². The number of carbonyl (C=O) groups excluding carboxylic acids is 1. The Morgan fingerprint density at radius 2 is 1.81 bits per heavy atom. The maximum atomic E-state index is 12.4. The number of aryl methyl sites for hydroxylation is 2. The first-order valence-corrected chi connectivity index (χ1v) is 15.5. The second kappa shape index (κ2) is 10.5. The van der Waals surface area contributed by atoms with Crippen LogP contribution in [0.3, 0.4) is 0 Å². The lowest BCUT2D eigenvalue weighted by Crippen LogP contribution is -2.52. The molecule has 1 aliphatic carbocycles. The van der Waals surface area contributed by atoms with E-state index in [0.29, 0.717) is 5.82 Å². The molecule has 220 valence electrons. The Hall–Kier alpha value is -3.71. The lowest BCUT2D eigenvalue weighted by Gasteiger charge is -2.51. The number of aromatic nitrogens is 3. The molecular formula is C32H38N6O3S. The first kappa shape index (κ1) is 28.4. The number of fused-ring (bicyclic) bond motifs is 3. The van der Waals surface area contributed by atoms with Crippen LogP contribution >= 0.6 is 11.3 Å². The van der Waals surface area contributed by atoms with E-state index in [-0.39, 0.29) is 24.0 Å². The largest absolute Gasteiger partial charge is 0.490 e. The summed E-state index contributed by atoms with van der Waals surface area (Å²) in [4.78, 5) is 20.6. The molecule has 2 aromatic heterocycles. The number of likely N-dealkylation sites (tertiary alicyclic amines) is 1. The number of rotatable bonds is 4. The van der Waals surface area contributed by atoms with Crippen LogP contribution in [0.1, 0.15) is 92.1 Å². The lowest BCUT2D eigenvalue weighted by atomic mass is 9.61. The van der Waals surface area contributed by atoms with Crippen molar-refractivity contribution in [2.45, 2.75) is 91.4 Å². The van der Waals surface area contributed by atoms with E-state index in [9.17, 15) is 10.1 Å². The van der Waals surface area contributed by atoms with E-state index in [4.69, 9.17) is 14.5 Å². The lowest BCUT2D eigenvalue weighted by molar-refractivity contribution is -0.0583. The van der Waals surface area contributed by atoms with Crippen molar-refractivity contribution in [3.63, 3.8) is 0 Å². The van der Waals surface area contributed by atoms with Crippen LogP contribution in [0.4, 0.5) is 4.79 Å². The highest BCUT2D eigenvalue weighted by Gasteiger charge is 2.48. The summed E-state index contributed by atoms with van der Waals surface area (Å²) in [6, 6.07) is 10.1. The zero-order valence-corrected chi connectivity index (χ0v) is 26.0. The number of nitrogens with zero attached hydrogens (tertiary/aromatic N) is 6. The maximum absolute atomic E-state index is 12.4. The summed E-state index contributed by atoms with van der Waals surface area (Å²) in [6.45, 7) is 13.4. The number of hydrogen-bond donors (Lipinski definition) is 0. The molecule has 0 radical (unpaired) electrons. The molecule has 6 rings (SSSR count). The molecule has 10 heteroatoms. The fourth-order valence-electron chi connectivity index (χ4n) is 6.38.